The van der Waals surface area contributed by atoms with Crippen LogP contribution in [0, 0.1) is 17.0 Å². The zero-order valence-corrected chi connectivity index (χ0v) is 11.5. The summed E-state index contributed by atoms with van der Waals surface area (Å²) in [6, 6.07) is 0. The van der Waals surface area contributed by atoms with Crippen LogP contribution >= 0.6 is 0 Å². The van der Waals surface area contributed by atoms with Crippen molar-refractivity contribution < 1.29 is 4.92 Å². The van der Waals surface area contributed by atoms with Crippen molar-refractivity contribution in [3.63, 3.8) is 0 Å². The molecule has 0 fully saturated rings. The number of nitrogens with zero attached hydrogens (tertiary/aromatic N) is 6. The van der Waals surface area contributed by atoms with Crippen molar-refractivity contribution in [2.45, 2.75) is 26.8 Å². The second-order valence-electron chi connectivity index (χ2n) is 4.18. The number of nitrogens with one attached hydrogen (secondary N) is 1. The van der Waals surface area contributed by atoms with Crippen molar-refractivity contribution in [3.8, 4) is 11.4 Å². The van der Waals surface area contributed by atoms with E-state index >= 15 is 0 Å². The van der Waals surface area contributed by atoms with Crippen molar-refractivity contribution >= 4 is 11.6 Å². The van der Waals surface area contributed by atoms with Gasteiger partial charge >= 0.3 is 5.69 Å². The Morgan fingerprint density at radius 1 is 1.45 bits per heavy atom. The first kappa shape index (κ1) is 13.8. The van der Waals surface area contributed by atoms with Gasteiger partial charge in [-0.25, -0.2) is 14.6 Å². The average molecular weight is 277 g/mol. The minimum Gasteiger partial charge on any atom is -0.357 e. The van der Waals surface area contributed by atoms with Gasteiger partial charge in [0.25, 0.3) is 0 Å². The Bertz CT molecular complexity index is 638. The lowest BCUT2D eigenvalue weighted by Gasteiger charge is -2.08. The van der Waals surface area contributed by atoms with E-state index in [0.717, 1.165) is 6.42 Å². The Labute approximate surface area is 115 Å². The molecule has 2 rings (SSSR count). The fourth-order valence-electron chi connectivity index (χ4n) is 1.89. The summed E-state index contributed by atoms with van der Waals surface area (Å²) in [5, 5.41) is 21.8. The summed E-state index contributed by atoms with van der Waals surface area (Å²) in [4.78, 5) is 19.0. The van der Waals surface area contributed by atoms with E-state index in [9.17, 15) is 10.1 Å². The summed E-state index contributed by atoms with van der Waals surface area (Å²) < 4.78 is 1.61. The van der Waals surface area contributed by atoms with Crippen LogP contribution < -0.4 is 5.32 Å². The Morgan fingerprint density at radius 2 is 2.20 bits per heavy atom. The lowest BCUT2D eigenvalue weighted by molar-refractivity contribution is -0.385. The molecule has 106 valence electrons. The molecule has 0 bridgehead atoms. The second kappa shape index (κ2) is 5.59. The molecule has 0 aliphatic carbocycles. The minimum atomic E-state index is -0.479. The molecule has 0 saturated heterocycles. The van der Waals surface area contributed by atoms with Crippen molar-refractivity contribution in [1.82, 2.24) is 25.0 Å². The highest BCUT2D eigenvalue weighted by atomic mass is 16.6. The lowest BCUT2D eigenvalue weighted by atomic mass is 10.2. The monoisotopic (exact) mass is 277 g/mol. The smallest absolute Gasteiger partial charge is 0.318 e. The molecule has 0 saturated carbocycles. The van der Waals surface area contributed by atoms with Gasteiger partial charge in [-0.1, -0.05) is 12.1 Å². The van der Waals surface area contributed by atoms with Crippen LogP contribution in [0.25, 0.3) is 11.4 Å². The molecule has 0 radical (unpaired) electrons. The van der Waals surface area contributed by atoms with Crippen LogP contribution in [0.2, 0.25) is 0 Å². The van der Waals surface area contributed by atoms with Gasteiger partial charge in [0.15, 0.2) is 5.69 Å². The van der Waals surface area contributed by atoms with Gasteiger partial charge in [-0.2, -0.15) is 0 Å². The molecule has 2 aromatic rings. The van der Waals surface area contributed by atoms with Crippen molar-refractivity contribution in [1.29, 1.82) is 0 Å². The Balaban J connectivity index is 2.67. The predicted molar refractivity (Wildman–Crippen MR) is 72.3 cm³/mol. The van der Waals surface area contributed by atoms with Crippen LogP contribution in [0.1, 0.15) is 19.0 Å². The number of hydrogen-bond donors (Lipinski definition) is 1. The summed E-state index contributed by atoms with van der Waals surface area (Å²) in [5.41, 5.74) is 0.920. The van der Waals surface area contributed by atoms with Crippen LogP contribution in [0.4, 0.5) is 11.6 Å². The van der Waals surface area contributed by atoms with Gasteiger partial charge in [0.05, 0.1) is 11.1 Å². The SMILES string of the molecule is CCCn1nncc1-c1nc(NC)nc(C)c1[N+](=O)[O-]. The minimum absolute atomic E-state index is 0.122. The van der Waals surface area contributed by atoms with Gasteiger partial charge in [0, 0.05) is 13.6 Å². The van der Waals surface area contributed by atoms with Crippen molar-refractivity contribution in [3.05, 3.63) is 22.0 Å². The molecule has 0 atom stereocenters. The zero-order chi connectivity index (χ0) is 14.7. The number of aromatic nitrogens is 5. The summed E-state index contributed by atoms with van der Waals surface area (Å²) in [6.07, 6.45) is 2.32. The molecule has 0 spiro atoms. The summed E-state index contributed by atoms with van der Waals surface area (Å²) in [5.74, 6) is 0.326. The maximum Gasteiger partial charge on any atom is 0.318 e. The molecular weight excluding hydrogens is 262 g/mol. The Morgan fingerprint density at radius 3 is 2.80 bits per heavy atom. The van der Waals surface area contributed by atoms with Crippen LogP contribution in [0.3, 0.4) is 0 Å². The first-order chi connectivity index (χ1) is 9.58. The largest absolute Gasteiger partial charge is 0.357 e. The third-order valence-electron chi connectivity index (χ3n) is 2.76. The molecule has 2 aromatic heterocycles. The third kappa shape index (κ3) is 2.42. The normalized spacial score (nSPS) is 10.6. The van der Waals surface area contributed by atoms with Crippen molar-refractivity contribution in [2.75, 3.05) is 12.4 Å². The Hall–Kier alpha value is -2.58. The van der Waals surface area contributed by atoms with Crippen LogP contribution in [0.5, 0.6) is 0 Å². The summed E-state index contributed by atoms with van der Waals surface area (Å²) in [7, 11) is 1.66. The molecule has 0 unspecified atom stereocenters. The molecule has 0 aromatic carbocycles. The summed E-state index contributed by atoms with van der Waals surface area (Å²) in [6.45, 7) is 4.19. The number of aryl methyl sites for hydroxylation is 2. The van der Waals surface area contributed by atoms with Gasteiger partial charge < -0.3 is 5.32 Å². The van der Waals surface area contributed by atoms with E-state index in [4.69, 9.17) is 0 Å². The number of hydrogen-bond acceptors (Lipinski definition) is 7. The standard InChI is InChI=1S/C11H15N7O2/c1-4-5-17-8(6-13-16-17)9-10(18(19)20)7(2)14-11(12-3)15-9/h6H,4-5H2,1-3H3,(H,12,14,15). The lowest BCUT2D eigenvalue weighted by Crippen LogP contribution is -2.08. The average Bonchev–Trinajstić information content (AvgIpc) is 2.85. The molecule has 2 heterocycles. The molecule has 9 heteroatoms. The quantitative estimate of drug-likeness (QED) is 0.649. The first-order valence-electron chi connectivity index (χ1n) is 6.18. The fraction of sp³-hybridized carbons (Fsp3) is 0.455. The van der Waals surface area contributed by atoms with E-state index in [1.54, 1.807) is 18.7 Å². The molecule has 0 aliphatic rings. The second-order valence-corrected chi connectivity index (χ2v) is 4.18. The maximum atomic E-state index is 11.3. The van der Waals surface area contributed by atoms with E-state index in [1.807, 2.05) is 6.92 Å². The van der Waals surface area contributed by atoms with Gasteiger partial charge in [0.2, 0.25) is 5.95 Å². The van der Waals surface area contributed by atoms with E-state index in [-0.39, 0.29) is 11.4 Å². The Kier molecular flexibility index (Phi) is 3.87. The zero-order valence-electron chi connectivity index (χ0n) is 11.5. The van der Waals surface area contributed by atoms with Crippen LogP contribution in [-0.4, -0.2) is 36.9 Å². The molecule has 0 aliphatic heterocycles. The van der Waals surface area contributed by atoms with Gasteiger partial charge in [-0.3, -0.25) is 10.1 Å². The van der Waals surface area contributed by atoms with Gasteiger partial charge in [-0.15, -0.1) is 5.10 Å². The van der Waals surface area contributed by atoms with E-state index < -0.39 is 4.92 Å². The predicted octanol–water partition coefficient (Wildman–Crippen LogP) is 1.40. The topological polar surface area (TPSA) is 112 Å². The van der Waals surface area contributed by atoms with E-state index in [2.05, 4.69) is 25.6 Å². The molecular formula is C11H15N7O2. The van der Waals surface area contributed by atoms with Crippen LogP contribution in [0.15, 0.2) is 6.20 Å². The van der Waals surface area contributed by atoms with Gasteiger partial charge in [-0.05, 0) is 13.3 Å². The molecule has 20 heavy (non-hydrogen) atoms. The molecule has 1 N–H and O–H groups in total. The number of anilines is 1. The highest BCUT2D eigenvalue weighted by molar-refractivity contribution is 5.68. The summed E-state index contributed by atoms with van der Waals surface area (Å²) >= 11 is 0. The third-order valence-corrected chi connectivity index (χ3v) is 2.76. The molecule has 9 nitrogen and oxygen atoms in total. The first-order valence-corrected chi connectivity index (χ1v) is 6.18. The highest BCUT2D eigenvalue weighted by Crippen LogP contribution is 2.30. The highest BCUT2D eigenvalue weighted by Gasteiger charge is 2.25. The maximum absolute atomic E-state index is 11.3. The fourth-order valence-corrected chi connectivity index (χ4v) is 1.89. The van der Waals surface area contributed by atoms with Gasteiger partial charge in [0.1, 0.15) is 11.4 Å². The van der Waals surface area contributed by atoms with E-state index in [1.165, 1.54) is 6.20 Å². The van der Waals surface area contributed by atoms with Crippen molar-refractivity contribution in [2.24, 2.45) is 0 Å². The number of rotatable bonds is 5. The van der Waals surface area contributed by atoms with E-state index in [0.29, 0.717) is 23.9 Å². The molecule has 0 amide bonds. The number of nitro groups is 1. The van der Waals surface area contributed by atoms with Crippen LogP contribution in [-0.2, 0) is 6.54 Å².